The molecule has 0 spiro atoms. The summed E-state index contributed by atoms with van der Waals surface area (Å²) in [5.41, 5.74) is 0. The van der Waals surface area contributed by atoms with Crippen LogP contribution in [-0.2, 0) is 6.54 Å². The van der Waals surface area contributed by atoms with Gasteiger partial charge in [0.25, 0.3) is 0 Å². The van der Waals surface area contributed by atoms with Crippen molar-refractivity contribution in [2.24, 2.45) is 5.92 Å². The molecule has 0 unspecified atom stereocenters. The minimum atomic E-state index is 0.724. The predicted molar refractivity (Wildman–Crippen MR) is 72.8 cm³/mol. The van der Waals surface area contributed by atoms with E-state index in [0.29, 0.717) is 0 Å². The zero-order valence-corrected chi connectivity index (χ0v) is 11.4. The molecule has 1 aromatic heterocycles. The highest BCUT2D eigenvalue weighted by molar-refractivity contribution is 5.11. The Labute approximate surface area is 110 Å². The number of ether oxygens (including phenoxy) is 1. The lowest BCUT2D eigenvalue weighted by molar-refractivity contribution is 0.294. The van der Waals surface area contributed by atoms with Gasteiger partial charge >= 0.3 is 0 Å². The average molecular weight is 251 g/mol. The number of aromatic nitrogens is 2. The van der Waals surface area contributed by atoms with E-state index in [2.05, 4.69) is 17.3 Å². The van der Waals surface area contributed by atoms with Crippen molar-refractivity contribution in [3.8, 4) is 5.75 Å². The summed E-state index contributed by atoms with van der Waals surface area (Å²) in [5, 5.41) is 7.67. The number of nitrogens with zero attached hydrogens (tertiary/aromatic N) is 2. The molecule has 0 bridgehead atoms. The molecule has 1 aliphatic rings. The van der Waals surface area contributed by atoms with Crippen LogP contribution in [0.5, 0.6) is 5.75 Å². The molecule has 1 fully saturated rings. The summed E-state index contributed by atoms with van der Waals surface area (Å²) in [6.45, 7) is 5.76. The number of hydrogen-bond donors (Lipinski definition) is 1. The van der Waals surface area contributed by atoms with Crippen LogP contribution in [0.4, 0.5) is 0 Å². The Morgan fingerprint density at radius 1 is 1.39 bits per heavy atom. The van der Waals surface area contributed by atoms with Gasteiger partial charge in [0.15, 0.2) is 5.75 Å². The number of hydrogen-bond acceptors (Lipinski definition) is 3. The third-order valence-electron chi connectivity index (χ3n) is 3.64. The third-order valence-corrected chi connectivity index (χ3v) is 3.64. The van der Waals surface area contributed by atoms with Crippen LogP contribution in [-0.4, -0.2) is 29.5 Å². The highest BCUT2D eigenvalue weighted by atomic mass is 16.5. The molecule has 1 aromatic rings. The van der Waals surface area contributed by atoms with E-state index in [4.69, 9.17) is 4.74 Å². The van der Waals surface area contributed by atoms with E-state index < -0.39 is 0 Å². The first-order chi connectivity index (χ1) is 8.88. The lowest BCUT2D eigenvalue weighted by Crippen LogP contribution is -2.28. The molecular formula is C14H25N3O. The van der Waals surface area contributed by atoms with E-state index in [1.54, 1.807) is 6.20 Å². The second-order valence-electron chi connectivity index (χ2n) is 5.09. The first-order valence-corrected chi connectivity index (χ1v) is 7.24. The fourth-order valence-corrected chi connectivity index (χ4v) is 2.53. The van der Waals surface area contributed by atoms with Crippen LogP contribution in [0.25, 0.3) is 0 Å². The Kier molecular flexibility index (Phi) is 5.52. The van der Waals surface area contributed by atoms with Gasteiger partial charge in [0.1, 0.15) is 6.61 Å². The standard InChI is InChI=1S/C14H25N3O/c1-2-17-12-14(11-16-17)18-9-8-15-10-13-6-4-3-5-7-13/h11-13,15H,2-10H2,1H3. The summed E-state index contributed by atoms with van der Waals surface area (Å²) >= 11 is 0. The molecular weight excluding hydrogens is 226 g/mol. The predicted octanol–water partition coefficient (Wildman–Crippen LogP) is 2.45. The largest absolute Gasteiger partial charge is 0.489 e. The van der Waals surface area contributed by atoms with E-state index in [0.717, 1.165) is 37.9 Å². The smallest absolute Gasteiger partial charge is 0.157 e. The van der Waals surface area contributed by atoms with Crippen LogP contribution in [0.3, 0.4) is 0 Å². The third kappa shape index (κ3) is 4.33. The number of nitrogens with one attached hydrogen (secondary N) is 1. The highest BCUT2D eigenvalue weighted by Crippen LogP contribution is 2.22. The van der Waals surface area contributed by atoms with Crippen LogP contribution in [0, 0.1) is 5.92 Å². The first-order valence-electron chi connectivity index (χ1n) is 7.24. The molecule has 1 N–H and O–H groups in total. The second-order valence-corrected chi connectivity index (χ2v) is 5.09. The SMILES string of the molecule is CCn1cc(OCCNCC2CCCCC2)cn1. The van der Waals surface area contributed by atoms with Crippen molar-refractivity contribution in [2.75, 3.05) is 19.7 Å². The fraction of sp³-hybridized carbons (Fsp3) is 0.786. The van der Waals surface area contributed by atoms with Gasteiger partial charge in [-0.25, -0.2) is 0 Å². The van der Waals surface area contributed by atoms with Crippen molar-refractivity contribution >= 4 is 0 Å². The molecule has 1 saturated carbocycles. The van der Waals surface area contributed by atoms with Crippen LogP contribution >= 0.6 is 0 Å². The minimum Gasteiger partial charge on any atom is -0.489 e. The molecule has 0 aliphatic heterocycles. The Balaban J connectivity index is 1.52. The van der Waals surface area contributed by atoms with Gasteiger partial charge in [-0.3, -0.25) is 4.68 Å². The summed E-state index contributed by atoms with van der Waals surface area (Å²) in [4.78, 5) is 0. The summed E-state index contributed by atoms with van der Waals surface area (Å²) in [7, 11) is 0. The van der Waals surface area contributed by atoms with Crippen molar-refractivity contribution in [3.63, 3.8) is 0 Å². The van der Waals surface area contributed by atoms with E-state index in [1.165, 1.54) is 32.1 Å². The summed E-state index contributed by atoms with van der Waals surface area (Å²) < 4.78 is 7.51. The number of rotatable bonds is 7. The first kappa shape index (κ1) is 13.4. The molecule has 1 aliphatic carbocycles. The second kappa shape index (κ2) is 7.41. The maximum absolute atomic E-state index is 5.63. The molecule has 0 atom stereocenters. The normalized spacial score (nSPS) is 16.9. The lowest BCUT2D eigenvalue weighted by atomic mass is 9.89. The van der Waals surface area contributed by atoms with Crippen molar-refractivity contribution in [1.82, 2.24) is 15.1 Å². The number of aryl methyl sites for hydroxylation is 1. The lowest BCUT2D eigenvalue weighted by Gasteiger charge is -2.21. The van der Waals surface area contributed by atoms with Gasteiger partial charge in [-0.2, -0.15) is 5.10 Å². The van der Waals surface area contributed by atoms with Crippen LogP contribution in [0.15, 0.2) is 12.4 Å². The van der Waals surface area contributed by atoms with Gasteiger partial charge in [0.2, 0.25) is 0 Å². The van der Waals surface area contributed by atoms with E-state index in [1.807, 2.05) is 10.9 Å². The highest BCUT2D eigenvalue weighted by Gasteiger charge is 2.12. The zero-order valence-electron chi connectivity index (χ0n) is 11.4. The maximum Gasteiger partial charge on any atom is 0.157 e. The minimum absolute atomic E-state index is 0.724. The van der Waals surface area contributed by atoms with Gasteiger partial charge in [-0.1, -0.05) is 19.3 Å². The summed E-state index contributed by atoms with van der Waals surface area (Å²) in [5.74, 6) is 1.76. The van der Waals surface area contributed by atoms with Crippen molar-refractivity contribution in [3.05, 3.63) is 12.4 Å². The van der Waals surface area contributed by atoms with Crippen LogP contribution in [0.1, 0.15) is 39.0 Å². The van der Waals surface area contributed by atoms with E-state index in [9.17, 15) is 0 Å². The van der Waals surface area contributed by atoms with Gasteiger partial charge < -0.3 is 10.1 Å². The molecule has 1 heterocycles. The molecule has 0 radical (unpaired) electrons. The van der Waals surface area contributed by atoms with Crippen molar-refractivity contribution in [2.45, 2.75) is 45.6 Å². The Bertz CT molecular complexity index is 332. The van der Waals surface area contributed by atoms with Gasteiger partial charge in [-0.05, 0) is 32.2 Å². The van der Waals surface area contributed by atoms with Crippen molar-refractivity contribution < 1.29 is 4.74 Å². The van der Waals surface area contributed by atoms with Crippen molar-refractivity contribution in [1.29, 1.82) is 0 Å². The molecule has 4 nitrogen and oxygen atoms in total. The molecule has 0 aromatic carbocycles. The van der Waals surface area contributed by atoms with Gasteiger partial charge in [0, 0.05) is 13.1 Å². The van der Waals surface area contributed by atoms with E-state index >= 15 is 0 Å². The molecule has 0 amide bonds. The Hall–Kier alpha value is -1.03. The van der Waals surface area contributed by atoms with Gasteiger partial charge in [-0.15, -0.1) is 0 Å². The zero-order chi connectivity index (χ0) is 12.6. The topological polar surface area (TPSA) is 39.1 Å². The average Bonchev–Trinajstić information content (AvgIpc) is 2.87. The molecule has 18 heavy (non-hydrogen) atoms. The van der Waals surface area contributed by atoms with Crippen LogP contribution in [0.2, 0.25) is 0 Å². The summed E-state index contributed by atoms with van der Waals surface area (Å²) in [6.07, 6.45) is 10.8. The van der Waals surface area contributed by atoms with Crippen LogP contribution < -0.4 is 10.1 Å². The molecule has 0 saturated heterocycles. The molecule has 102 valence electrons. The monoisotopic (exact) mass is 251 g/mol. The van der Waals surface area contributed by atoms with E-state index in [-0.39, 0.29) is 0 Å². The maximum atomic E-state index is 5.63. The Morgan fingerprint density at radius 3 is 2.94 bits per heavy atom. The molecule has 2 rings (SSSR count). The summed E-state index contributed by atoms with van der Waals surface area (Å²) in [6, 6.07) is 0. The fourth-order valence-electron chi connectivity index (χ4n) is 2.53. The van der Waals surface area contributed by atoms with Gasteiger partial charge in [0.05, 0.1) is 12.4 Å². The Morgan fingerprint density at radius 2 is 2.22 bits per heavy atom. The molecule has 4 heteroatoms. The quantitative estimate of drug-likeness (QED) is 0.757.